The van der Waals surface area contributed by atoms with Crippen molar-refractivity contribution in [2.75, 3.05) is 28.7 Å². The van der Waals surface area contributed by atoms with Gasteiger partial charge in [0.1, 0.15) is 0 Å². The molecule has 0 unspecified atom stereocenters. The fourth-order valence-electron chi connectivity index (χ4n) is 2.96. The molecule has 0 heterocycles. The van der Waals surface area contributed by atoms with Gasteiger partial charge in [0.05, 0.1) is 17.9 Å². The lowest BCUT2D eigenvalue weighted by molar-refractivity contribution is 0.102. The second-order valence-electron chi connectivity index (χ2n) is 6.93. The van der Waals surface area contributed by atoms with Crippen molar-refractivity contribution >= 4 is 41.0 Å². The molecule has 2 N–H and O–H groups in total. The number of carbonyl (C=O) groups excluding carboxylic acids is 1. The lowest BCUT2D eigenvalue weighted by Crippen LogP contribution is -2.17. The molecule has 0 atom stereocenters. The molecule has 4 nitrogen and oxygen atoms in total. The zero-order chi connectivity index (χ0) is 21.1. The molecular formula is C23H32N2O2S2. The van der Waals surface area contributed by atoms with Gasteiger partial charge in [-0.15, -0.1) is 11.8 Å². The molecule has 0 bridgehead atoms. The largest absolute Gasteiger partial charge is 0.392 e. The summed E-state index contributed by atoms with van der Waals surface area (Å²) in [5.41, 5.74) is 2.95. The maximum absolute atomic E-state index is 12.8. The van der Waals surface area contributed by atoms with Gasteiger partial charge in [0.15, 0.2) is 0 Å². The second-order valence-corrected chi connectivity index (χ2v) is 9.01. The van der Waals surface area contributed by atoms with Gasteiger partial charge in [0, 0.05) is 23.9 Å². The fraction of sp³-hybridized carbons (Fsp3) is 0.435. The van der Waals surface area contributed by atoms with Crippen LogP contribution < -0.4 is 9.62 Å². The molecule has 0 saturated heterocycles. The van der Waals surface area contributed by atoms with E-state index in [1.807, 2.05) is 47.6 Å². The molecule has 2 rings (SSSR count). The minimum Gasteiger partial charge on any atom is -0.392 e. The van der Waals surface area contributed by atoms with Crippen molar-refractivity contribution < 1.29 is 9.90 Å². The third-order valence-corrected chi connectivity index (χ3v) is 6.57. The van der Waals surface area contributed by atoms with E-state index >= 15 is 0 Å². The first-order chi connectivity index (χ1) is 14.1. The van der Waals surface area contributed by atoms with E-state index in [0.29, 0.717) is 5.56 Å². The van der Waals surface area contributed by atoms with Crippen molar-refractivity contribution in [2.45, 2.75) is 50.5 Å². The summed E-state index contributed by atoms with van der Waals surface area (Å²) >= 11 is 3.39. The lowest BCUT2D eigenvalue weighted by Gasteiger charge is -2.20. The van der Waals surface area contributed by atoms with Crippen molar-refractivity contribution in [3.63, 3.8) is 0 Å². The van der Waals surface area contributed by atoms with Crippen LogP contribution in [0.25, 0.3) is 0 Å². The third kappa shape index (κ3) is 7.61. The van der Waals surface area contributed by atoms with E-state index < -0.39 is 0 Å². The number of hydrogen-bond acceptors (Lipinski definition) is 5. The molecule has 29 heavy (non-hydrogen) atoms. The molecule has 0 spiro atoms. The van der Waals surface area contributed by atoms with Crippen molar-refractivity contribution in [3.8, 4) is 0 Å². The molecule has 0 aliphatic heterocycles. The zero-order valence-corrected chi connectivity index (χ0v) is 19.2. The number of amides is 1. The van der Waals surface area contributed by atoms with Crippen LogP contribution in [0.5, 0.6) is 0 Å². The molecule has 0 saturated carbocycles. The Bertz CT molecular complexity index is 766. The van der Waals surface area contributed by atoms with Crippen LogP contribution >= 0.6 is 23.7 Å². The number of aliphatic hydroxyl groups excluding tert-OH is 1. The van der Waals surface area contributed by atoms with Gasteiger partial charge >= 0.3 is 0 Å². The van der Waals surface area contributed by atoms with Crippen LogP contribution in [0, 0.1) is 0 Å². The van der Waals surface area contributed by atoms with Gasteiger partial charge in [0.2, 0.25) is 0 Å². The van der Waals surface area contributed by atoms with Gasteiger partial charge in [-0.25, -0.2) is 0 Å². The number of rotatable bonds is 12. The first-order valence-corrected chi connectivity index (χ1v) is 12.3. The summed E-state index contributed by atoms with van der Waals surface area (Å²) in [5.74, 6) is 0.985. The number of benzene rings is 2. The summed E-state index contributed by atoms with van der Waals surface area (Å²) < 4.78 is 1.92. The number of nitrogens with zero attached hydrogens (tertiary/aromatic N) is 1. The number of aliphatic hydroxyl groups is 1. The number of nitrogens with one attached hydrogen (secondary N) is 1. The minimum atomic E-state index is -0.151. The number of carbonyl (C=O) groups is 1. The van der Waals surface area contributed by atoms with E-state index in [2.05, 4.69) is 24.4 Å². The maximum Gasteiger partial charge on any atom is 0.257 e. The Morgan fingerprint density at radius 3 is 2.45 bits per heavy atom. The number of unbranched alkanes of at least 4 members (excludes halogenated alkanes) is 4. The van der Waals surface area contributed by atoms with E-state index in [1.54, 1.807) is 12.1 Å². The average Bonchev–Trinajstić information content (AvgIpc) is 2.76. The highest BCUT2D eigenvalue weighted by Gasteiger charge is 2.15. The molecule has 0 aliphatic carbocycles. The monoisotopic (exact) mass is 432 g/mol. The summed E-state index contributed by atoms with van der Waals surface area (Å²) in [6.45, 7) is 2.19. The number of thioether (sulfide) groups is 1. The van der Waals surface area contributed by atoms with Gasteiger partial charge in [-0.1, -0.05) is 50.6 Å². The van der Waals surface area contributed by atoms with Gasteiger partial charge in [-0.05, 0) is 54.1 Å². The Labute approximate surface area is 183 Å². The van der Waals surface area contributed by atoms with Gasteiger partial charge < -0.3 is 14.7 Å². The lowest BCUT2D eigenvalue weighted by atomic mass is 10.1. The highest BCUT2D eigenvalue weighted by atomic mass is 32.2. The highest BCUT2D eigenvalue weighted by molar-refractivity contribution is 8.00. The maximum atomic E-state index is 12.8. The fourth-order valence-corrected chi connectivity index (χ4v) is 4.22. The van der Waals surface area contributed by atoms with Crippen molar-refractivity contribution in [3.05, 3.63) is 53.6 Å². The van der Waals surface area contributed by atoms with E-state index in [0.717, 1.165) is 22.7 Å². The molecule has 0 aliphatic rings. The van der Waals surface area contributed by atoms with E-state index in [1.165, 1.54) is 48.9 Å². The van der Waals surface area contributed by atoms with E-state index in [9.17, 15) is 9.90 Å². The molecule has 1 amide bonds. The van der Waals surface area contributed by atoms with Gasteiger partial charge in [-0.3, -0.25) is 4.79 Å². The second kappa shape index (κ2) is 12.8. The minimum absolute atomic E-state index is 0.0468. The number of anilines is 2. The van der Waals surface area contributed by atoms with Crippen molar-refractivity contribution in [1.29, 1.82) is 0 Å². The van der Waals surface area contributed by atoms with Gasteiger partial charge in [0.25, 0.3) is 5.91 Å². The smallest absolute Gasteiger partial charge is 0.257 e. The van der Waals surface area contributed by atoms with Crippen LogP contribution in [0.4, 0.5) is 11.4 Å². The Morgan fingerprint density at radius 2 is 1.79 bits per heavy atom. The molecule has 0 aromatic heterocycles. The van der Waals surface area contributed by atoms with Crippen LogP contribution in [0.2, 0.25) is 0 Å². The van der Waals surface area contributed by atoms with E-state index in [4.69, 9.17) is 0 Å². The molecule has 158 valence electrons. The summed E-state index contributed by atoms with van der Waals surface area (Å²) in [6, 6.07) is 13.4. The summed E-state index contributed by atoms with van der Waals surface area (Å²) in [5, 5.41) is 12.4. The standard InChI is InChI=1S/C23H32N2O2S2/c1-4-5-6-7-8-15-29-20-12-10-19(11-13-20)24-23(27)21-14-9-18(17-26)16-22(21)25(2)28-3/h9-14,16,26H,4-8,15,17H2,1-3H3,(H,24,27). The van der Waals surface area contributed by atoms with Crippen LogP contribution in [0.1, 0.15) is 54.9 Å². The summed E-state index contributed by atoms with van der Waals surface area (Å²) in [4.78, 5) is 14.1. The average molecular weight is 433 g/mol. The van der Waals surface area contributed by atoms with Crippen LogP contribution in [0.3, 0.4) is 0 Å². The van der Waals surface area contributed by atoms with Crippen LogP contribution in [-0.2, 0) is 6.61 Å². The predicted octanol–water partition coefficient (Wildman–Crippen LogP) is 6.21. The number of hydrogen-bond donors (Lipinski definition) is 2. The topological polar surface area (TPSA) is 52.6 Å². The zero-order valence-electron chi connectivity index (χ0n) is 17.6. The Morgan fingerprint density at radius 1 is 1.07 bits per heavy atom. The SMILES string of the molecule is CCCCCCCSc1ccc(NC(=O)c2ccc(CO)cc2N(C)SC)cc1. The highest BCUT2D eigenvalue weighted by Crippen LogP contribution is 2.27. The molecule has 2 aromatic rings. The summed E-state index contributed by atoms with van der Waals surface area (Å²) in [6.07, 6.45) is 8.44. The van der Waals surface area contributed by atoms with Gasteiger partial charge in [-0.2, -0.15) is 0 Å². The molecule has 0 fully saturated rings. The first-order valence-electron chi connectivity index (χ1n) is 10.1. The first kappa shape index (κ1) is 23.6. The van der Waals surface area contributed by atoms with Crippen molar-refractivity contribution in [1.82, 2.24) is 0 Å². The predicted molar refractivity (Wildman–Crippen MR) is 128 cm³/mol. The Hall–Kier alpha value is -1.63. The third-order valence-electron chi connectivity index (χ3n) is 4.73. The Balaban J connectivity index is 1.95. The van der Waals surface area contributed by atoms with Crippen LogP contribution in [-0.4, -0.2) is 30.1 Å². The molecular weight excluding hydrogens is 400 g/mol. The quantitative estimate of drug-likeness (QED) is 0.237. The molecule has 2 aromatic carbocycles. The summed E-state index contributed by atoms with van der Waals surface area (Å²) in [7, 11) is 1.91. The molecule has 0 radical (unpaired) electrons. The normalized spacial score (nSPS) is 10.8. The van der Waals surface area contributed by atoms with Crippen LogP contribution in [0.15, 0.2) is 47.4 Å². The Kier molecular flexibility index (Phi) is 10.5. The van der Waals surface area contributed by atoms with E-state index in [-0.39, 0.29) is 12.5 Å². The molecule has 6 heteroatoms. The van der Waals surface area contributed by atoms with Crippen molar-refractivity contribution in [2.24, 2.45) is 0 Å².